The first-order valence-corrected chi connectivity index (χ1v) is 6.33. The maximum absolute atomic E-state index is 12.0. The molecule has 106 valence electrons. The number of allylic oxidation sites excluding steroid dienone is 1. The SMILES string of the molecule is Cc1ccc(C(=O)C=Cc2ccc(C(=O)O)cc2)c(O)c1. The zero-order chi connectivity index (χ0) is 15.4. The van der Waals surface area contributed by atoms with Gasteiger partial charge in [-0.05, 0) is 48.4 Å². The van der Waals surface area contributed by atoms with Crippen molar-refractivity contribution in [2.24, 2.45) is 0 Å². The van der Waals surface area contributed by atoms with Gasteiger partial charge in [0, 0.05) is 0 Å². The fourth-order valence-electron chi connectivity index (χ4n) is 1.85. The smallest absolute Gasteiger partial charge is 0.335 e. The van der Waals surface area contributed by atoms with Gasteiger partial charge in [0.25, 0.3) is 0 Å². The van der Waals surface area contributed by atoms with E-state index in [-0.39, 0.29) is 22.7 Å². The Labute approximate surface area is 122 Å². The Hall–Kier alpha value is -2.88. The van der Waals surface area contributed by atoms with Gasteiger partial charge in [-0.3, -0.25) is 4.79 Å². The second kappa shape index (κ2) is 6.05. The Balaban J connectivity index is 2.16. The van der Waals surface area contributed by atoms with Gasteiger partial charge in [-0.25, -0.2) is 4.79 Å². The maximum Gasteiger partial charge on any atom is 0.335 e. The van der Waals surface area contributed by atoms with E-state index in [1.54, 1.807) is 30.3 Å². The minimum Gasteiger partial charge on any atom is -0.507 e. The van der Waals surface area contributed by atoms with Crippen molar-refractivity contribution in [3.63, 3.8) is 0 Å². The number of ketones is 1. The average molecular weight is 282 g/mol. The van der Waals surface area contributed by atoms with Crippen molar-refractivity contribution in [3.05, 3.63) is 70.8 Å². The molecule has 0 bridgehead atoms. The standard InChI is InChI=1S/C17H14O4/c1-11-2-8-14(16(19)10-11)15(18)9-5-12-3-6-13(7-4-12)17(20)21/h2-10,19H,1H3,(H,20,21). The highest BCUT2D eigenvalue weighted by molar-refractivity contribution is 6.08. The number of aromatic carboxylic acids is 1. The molecule has 0 aromatic heterocycles. The van der Waals surface area contributed by atoms with Crippen molar-refractivity contribution in [2.75, 3.05) is 0 Å². The summed E-state index contributed by atoms with van der Waals surface area (Å²) in [5, 5.41) is 18.5. The predicted octanol–water partition coefficient (Wildman–Crippen LogP) is 3.29. The third-order valence-corrected chi connectivity index (χ3v) is 3.00. The van der Waals surface area contributed by atoms with Crippen LogP contribution in [0.5, 0.6) is 5.75 Å². The number of phenolic OH excluding ortho intramolecular Hbond substituents is 1. The maximum atomic E-state index is 12.0. The van der Waals surface area contributed by atoms with E-state index in [1.807, 2.05) is 6.92 Å². The Morgan fingerprint density at radius 1 is 1.05 bits per heavy atom. The summed E-state index contributed by atoms with van der Waals surface area (Å²) in [5.41, 5.74) is 2.01. The van der Waals surface area contributed by atoms with Gasteiger partial charge >= 0.3 is 5.97 Å². The normalized spacial score (nSPS) is 10.7. The number of hydrogen-bond donors (Lipinski definition) is 2. The molecule has 0 aliphatic carbocycles. The van der Waals surface area contributed by atoms with Crippen molar-refractivity contribution < 1.29 is 19.8 Å². The molecule has 4 heteroatoms. The summed E-state index contributed by atoms with van der Waals surface area (Å²) in [6, 6.07) is 11.0. The van der Waals surface area contributed by atoms with Crippen molar-refractivity contribution >= 4 is 17.8 Å². The van der Waals surface area contributed by atoms with Crippen LogP contribution < -0.4 is 0 Å². The van der Waals surface area contributed by atoms with E-state index in [9.17, 15) is 14.7 Å². The molecule has 4 nitrogen and oxygen atoms in total. The van der Waals surface area contributed by atoms with Crippen LogP contribution in [-0.4, -0.2) is 22.0 Å². The summed E-state index contributed by atoms with van der Waals surface area (Å²) in [7, 11) is 0. The number of carbonyl (C=O) groups excluding carboxylic acids is 1. The highest BCUT2D eigenvalue weighted by atomic mass is 16.4. The van der Waals surface area contributed by atoms with E-state index in [0.717, 1.165) is 5.56 Å². The first-order valence-electron chi connectivity index (χ1n) is 6.33. The van der Waals surface area contributed by atoms with E-state index < -0.39 is 5.97 Å². The lowest BCUT2D eigenvalue weighted by Crippen LogP contribution is -1.96. The molecular formula is C17H14O4. The zero-order valence-electron chi connectivity index (χ0n) is 11.4. The summed E-state index contributed by atoms with van der Waals surface area (Å²) in [6.07, 6.45) is 2.92. The number of aryl methyl sites for hydroxylation is 1. The summed E-state index contributed by atoms with van der Waals surface area (Å²) in [5.74, 6) is -1.35. The predicted molar refractivity (Wildman–Crippen MR) is 79.6 cm³/mol. The second-order valence-electron chi connectivity index (χ2n) is 4.65. The highest BCUT2D eigenvalue weighted by Crippen LogP contribution is 2.19. The quantitative estimate of drug-likeness (QED) is 0.666. The van der Waals surface area contributed by atoms with Crippen LogP contribution in [0, 0.1) is 6.92 Å². The van der Waals surface area contributed by atoms with Crippen molar-refractivity contribution in [1.82, 2.24) is 0 Å². The molecule has 0 aliphatic rings. The van der Waals surface area contributed by atoms with Crippen molar-refractivity contribution in [1.29, 1.82) is 0 Å². The molecule has 0 atom stereocenters. The van der Waals surface area contributed by atoms with Gasteiger partial charge in [-0.2, -0.15) is 0 Å². The molecule has 2 aromatic rings. The van der Waals surface area contributed by atoms with Crippen LogP contribution in [0.2, 0.25) is 0 Å². The van der Waals surface area contributed by atoms with E-state index in [2.05, 4.69) is 0 Å². The van der Waals surface area contributed by atoms with Crippen LogP contribution in [0.4, 0.5) is 0 Å². The first-order chi connectivity index (χ1) is 9.97. The molecule has 21 heavy (non-hydrogen) atoms. The lowest BCUT2D eigenvalue weighted by Gasteiger charge is -2.01. The molecular weight excluding hydrogens is 268 g/mol. The minimum absolute atomic E-state index is 0.0501. The fraction of sp³-hybridized carbons (Fsp3) is 0.0588. The fourth-order valence-corrected chi connectivity index (χ4v) is 1.85. The largest absolute Gasteiger partial charge is 0.507 e. The topological polar surface area (TPSA) is 74.6 Å². The molecule has 2 N–H and O–H groups in total. The number of benzene rings is 2. The lowest BCUT2D eigenvalue weighted by molar-refractivity contribution is 0.0696. The molecule has 0 amide bonds. The highest BCUT2D eigenvalue weighted by Gasteiger charge is 2.08. The second-order valence-corrected chi connectivity index (χ2v) is 4.65. The monoisotopic (exact) mass is 282 g/mol. The number of phenols is 1. The van der Waals surface area contributed by atoms with E-state index >= 15 is 0 Å². The molecule has 0 aliphatic heterocycles. The molecule has 0 unspecified atom stereocenters. The summed E-state index contributed by atoms with van der Waals surface area (Å²) >= 11 is 0. The number of aromatic hydroxyl groups is 1. The molecule has 0 radical (unpaired) electrons. The van der Waals surface area contributed by atoms with Gasteiger partial charge in [-0.1, -0.05) is 24.3 Å². The van der Waals surface area contributed by atoms with E-state index in [0.29, 0.717) is 5.56 Å². The minimum atomic E-state index is -0.994. The average Bonchev–Trinajstić information content (AvgIpc) is 2.45. The van der Waals surface area contributed by atoms with Crippen molar-refractivity contribution in [3.8, 4) is 5.75 Å². The Kier molecular flexibility index (Phi) is 4.18. The van der Waals surface area contributed by atoms with Gasteiger partial charge < -0.3 is 10.2 Å². The molecule has 2 aromatic carbocycles. The Bertz CT molecular complexity index is 712. The molecule has 0 saturated heterocycles. The van der Waals surface area contributed by atoms with Gasteiger partial charge in [-0.15, -0.1) is 0 Å². The van der Waals surface area contributed by atoms with Gasteiger partial charge in [0.1, 0.15) is 5.75 Å². The van der Waals surface area contributed by atoms with Crippen LogP contribution in [0.25, 0.3) is 6.08 Å². The molecule has 0 saturated carbocycles. The van der Waals surface area contributed by atoms with Crippen molar-refractivity contribution in [2.45, 2.75) is 6.92 Å². The number of carboxylic acid groups (broad SMARTS) is 1. The Morgan fingerprint density at radius 2 is 1.71 bits per heavy atom. The van der Waals surface area contributed by atoms with E-state index in [4.69, 9.17) is 5.11 Å². The number of carboxylic acids is 1. The third kappa shape index (κ3) is 3.57. The van der Waals surface area contributed by atoms with Gasteiger partial charge in [0.2, 0.25) is 0 Å². The number of hydrogen-bond acceptors (Lipinski definition) is 3. The van der Waals surface area contributed by atoms with Crippen LogP contribution in [0.3, 0.4) is 0 Å². The molecule has 0 spiro atoms. The van der Waals surface area contributed by atoms with Crippen LogP contribution in [0.15, 0.2) is 48.5 Å². The molecule has 2 rings (SSSR count). The lowest BCUT2D eigenvalue weighted by atomic mass is 10.1. The van der Waals surface area contributed by atoms with Crippen LogP contribution >= 0.6 is 0 Å². The first kappa shape index (κ1) is 14.5. The number of rotatable bonds is 4. The van der Waals surface area contributed by atoms with Gasteiger partial charge in [0.15, 0.2) is 5.78 Å². The third-order valence-electron chi connectivity index (χ3n) is 3.00. The summed E-state index contributed by atoms with van der Waals surface area (Å²) < 4.78 is 0. The van der Waals surface area contributed by atoms with E-state index in [1.165, 1.54) is 24.3 Å². The zero-order valence-corrected chi connectivity index (χ0v) is 11.4. The summed E-state index contributed by atoms with van der Waals surface area (Å²) in [6.45, 7) is 1.83. The van der Waals surface area contributed by atoms with Crippen LogP contribution in [-0.2, 0) is 0 Å². The number of carbonyl (C=O) groups is 2. The summed E-state index contributed by atoms with van der Waals surface area (Å²) in [4.78, 5) is 22.7. The molecule has 0 fully saturated rings. The Morgan fingerprint density at radius 3 is 2.29 bits per heavy atom. The van der Waals surface area contributed by atoms with Gasteiger partial charge in [0.05, 0.1) is 11.1 Å². The molecule has 0 heterocycles. The van der Waals surface area contributed by atoms with Crippen LogP contribution in [0.1, 0.15) is 31.8 Å².